The minimum Gasteiger partial charge on any atom is -0.332 e. The molecular formula is C27H28FN7O2. The van der Waals surface area contributed by atoms with Gasteiger partial charge in [0.05, 0.1) is 17.4 Å². The summed E-state index contributed by atoms with van der Waals surface area (Å²) in [6.45, 7) is 9.01. The van der Waals surface area contributed by atoms with Gasteiger partial charge < -0.3 is 9.80 Å². The van der Waals surface area contributed by atoms with Gasteiger partial charge in [-0.1, -0.05) is 13.8 Å². The van der Waals surface area contributed by atoms with Gasteiger partial charge in [0, 0.05) is 43.2 Å². The number of hydrogen-bond donors (Lipinski definition) is 0. The number of amides is 2. The van der Waals surface area contributed by atoms with Crippen LogP contribution < -0.4 is 0 Å². The van der Waals surface area contributed by atoms with Gasteiger partial charge >= 0.3 is 0 Å². The second-order valence-corrected chi connectivity index (χ2v) is 10.1. The van der Waals surface area contributed by atoms with Crippen molar-refractivity contribution in [1.29, 1.82) is 0 Å². The normalized spacial score (nSPS) is 15.4. The van der Waals surface area contributed by atoms with Crippen molar-refractivity contribution in [3.8, 4) is 11.3 Å². The molecule has 9 nitrogen and oxygen atoms in total. The van der Waals surface area contributed by atoms with Crippen molar-refractivity contribution in [1.82, 2.24) is 34.4 Å². The first-order valence-corrected chi connectivity index (χ1v) is 12.2. The van der Waals surface area contributed by atoms with Crippen LogP contribution in [-0.2, 0) is 0 Å². The highest BCUT2D eigenvalue weighted by molar-refractivity contribution is 5.94. The van der Waals surface area contributed by atoms with Gasteiger partial charge in [0.2, 0.25) is 5.82 Å². The maximum Gasteiger partial charge on any atom is 0.291 e. The van der Waals surface area contributed by atoms with Crippen LogP contribution in [0.5, 0.6) is 0 Å². The summed E-state index contributed by atoms with van der Waals surface area (Å²) in [7, 11) is 0. The van der Waals surface area contributed by atoms with Crippen LogP contribution in [0.15, 0.2) is 55.0 Å². The Kier molecular flexibility index (Phi) is 6.18. The topological polar surface area (TPSA) is 96.6 Å². The number of carbonyl (C=O) groups excluding carboxylic acids is 2. The molecule has 2 amide bonds. The number of hydrogen-bond acceptors (Lipinski definition) is 6. The van der Waals surface area contributed by atoms with Crippen LogP contribution in [0.1, 0.15) is 60.3 Å². The summed E-state index contributed by atoms with van der Waals surface area (Å²) < 4.78 is 15.1. The molecule has 1 saturated heterocycles. The highest BCUT2D eigenvalue weighted by atomic mass is 19.1. The highest BCUT2D eigenvalue weighted by Crippen LogP contribution is 2.28. The zero-order chi connectivity index (χ0) is 26.3. The van der Waals surface area contributed by atoms with Crippen LogP contribution in [0.25, 0.3) is 16.9 Å². The molecule has 0 N–H and O–H groups in total. The Labute approximate surface area is 214 Å². The third kappa shape index (κ3) is 4.66. The quantitative estimate of drug-likeness (QED) is 0.422. The van der Waals surface area contributed by atoms with Crippen molar-refractivity contribution in [2.45, 2.75) is 39.2 Å². The SMILES string of the molecule is CC(C)c1cc(-c2ccc(F)cc2)nn2cc(C(=O)N3CCN(C(=O)c4ncccn4)CC3(C)C)nc12. The van der Waals surface area contributed by atoms with E-state index in [0.717, 1.165) is 11.1 Å². The van der Waals surface area contributed by atoms with Gasteiger partial charge in [-0.05, 0) is 56.2 Å². The fourth-order valence-electron chi connectivity index (χ4n) is 4.68. The largest absolute Gasteiger partial charge is 0.332 e. The summed E-state index contributed by atoms with van der Waals surface area (Å²) >= 11 is 0. The Morgan fingerprint density at radius 3 is 2.38 bits per heavy atom. The lowest BCUT2D eigenvalue weighted by Crippen LogP contribution is -2.62. The summed E-state index contributed by atoms with van der Waals surface area (Å²) in [5.74, 6) is -0.529. The maximum absolute atomic E-state index is 13.7. The van der Waals surface area contributed by atoms with Crippen LogP contribution in [0.4, 0.5) is 4.39 Å². The number of benzene rings is 1. The van der Waals surface area contributed by atoms with Crippen molar-refractivity contribution in [2.24, 2.45) is 0 Å². The molecule has 37 heavy (non-hydrogen) atoms. The first-order valence-electron chi connectivity index (χ1n) is 12.2. The molecule has 10 heteroatoms. The molecule has 0 spiro atoms. The van der Waals surface area contributed by atoms with Gasteiger partial charge in [0.25, 0.3) is 11.8 Å². The van der Waals surface area contributed by atoms with Crippen molar-refractivity contribution in [3.63, 3.8) is 0 Å². The molecule has 0 saturated carbocycles. The van der Waals surface area contributed by atoms with Crippen molar-refractivity contribution in [3.05, 3.63) is 77.9 Å². The molecule has 190 valence electrons. The first-order chi connectivity index (χ1) is 17.6. The maximum atomic E-state index is 13.7. The Balaban J connectivity index is 1.44. The van der Waals surface area contributed by atoms with Gasteiger partial charge in [-0.3, -0.25) is 9.59 Å². The minimum absolute atomic E-state index is 0.126. The van der Waals surface area contributed by atoms with E-state index in [4.69, 9.17) is 0 Å². The summed E-state index contributed by atoms with van der Waals surface area (Å²) in [5.41, 5.74) is 2.63. The molecule has 0 radical (unpaired) electrons. The molecule has 4 aromatic rings. The molecule has 1 fully saturated rings. The molecule has 0 bridgehead atoms. The highest BCUT2D eigenvalue weighted by Gasteiger charge is 2.40. The van der Waals surface area contributed by atoms with E-state index in [9.17, 15) is 14.0 Å². The fraction of sp³-hybridized carbons (Fsp3) is 0.333. The molecule has 0 unspecified atom stereocenters. The van der Waals surface area contributed by atoms with E-state index in [2.05, 4.69) is 33.9 Å². The molecular weight excluding hydrogens is 473 g/mol. The van der Waals surface area contributed by atoms with Gasteiger partial charge in [-0.15, -0.1) is 0 Å². The molecule has 1 aliphatic heterocycles. The smallest absolute Gasteiger partial charge is 0.291 e. The third-order valence-electron chi connectivity index (χ3n) is 6.63. The number of carbonyl (C=O) groups is 2. The Hall–Kier alpha value is -4.21. The number of nitrogens with zero attached hydrogens (tertiary/aromatic N) is 7. The monoisotopic (exact) mass is 501 g/mol. The number of aromatic nitrogens is 5. The predicted octanol–water partition coefficient (Wildman–Crippen LogP) is 3.83. The lowest BCUT2D eigenvalue weighted by Gasteiger charge is -2.46. The lowest BCUT2D eigenvalue weighted by molar-refractivity contribution is 0.0160. The molecule has 0 atom stereocenters. The number of fused-ring (bicyclic) bond motifs is 1. The van der Waals surface area contributed by atoms with Gasteiger partial charge in [-0.2, -0.15) is 5.10 Å². The predicted molar refractivity (Wildman–Crippen MR) is 136 cm³/mol. The second-order valence-electron chi connectivity index (χ2n) is 10.1. The molecule has 1 aliphatic rings. The lowest BCUT2D eigenvalue weighted by atomic mass is 9.98. The van der Waals surface area contributed by atoms with E-state index < -0.39 is 5.54 Å². The third-order valence-corrected chi connectivity index (χ3v) is 6.63. The average Bonchev–Trinajstić information content (AvgIpc) is 3.32. The van der Waals surface area contributed by atoms with Crippen LogP contribution >= 0.6 is 0 Å². The number of halogens is 1. The molecule has 1 aromatic carbocycles. The number of rotatable bonds is 4. The van der Waals surface area contributed by atoms with Crippen LogP contribution in [0.2, 0.25) is 0 Å². The van der Waals surface area contributed by atoms with E-state index >= 15 is 0 Å². The van der Waals surface area contributed by atoms with Gasteiger partial charge in [0.1, 0.15) is 11.5 Å². The average molecular weight is 502 g/mol. The van der Waals surface area contributed by atoms with E-state index in [1.165, 1.54) is 24.5 Å². The van der Waals surface area contributed by atoms with Crippen LogP contribution in [-0.4, -0.2) is 71.4 Å². The number of piperazine rings is 1. The van der Waals surface area contributed by atoms with E-state index in [-0.39, 0.29) is 35.1 Å². The zero-order valence-electron chi connectivity index (χ0n) is 21.2. The van der Waals surface area contributed by atoms with E-state index in [1.54, 1.807) is 38.7 Å². The summed E-state index contributed by atoms with van der Waals surface area (Å²) in [6, 6.07) is 9.76. The molecule has 3 aromatic heterocycles. The Morgan fingerprint density at radius 1 is 1.03 bits per heavy atom. The molecule has 4 heterocycles. The van der Waals surface area contributed by atoms with E-state index in [0.29, 0.717) is 31.0 Å². The second kappa shape index (κ2) is 9.34. The standard InChI is InChI=1S/C27H28FN7O2/c1-17(2)20-14-21(18-6-8-19(28)9-7-18)32-35-15-22(31-24(20)35)25(36)34-13-12-33(16-27(34,3)4)26(37)23-29-10-5-11-30-23/h5-11,14-15,17H,12-13,16H2,1-4H3. The Morgan fingerprint density at radius 2 is 1.73 bits per heavy atom. The summed E-state index contributed by atoms with van der Waals surface area (Å²) in [5, 5.41) is 4.67. The fourth-order valence-corrected chi connectivity index (χ4v) is 4.68. The van der Waals surface area contributed by atoms with Crippen LogP contribution in [0, 0.1) is 5.82 Å². The zero-order valence-corrected chi connectivity index (χ0v) is 21.2. The Bertz CT molecular complexity index is 1470. The van der Waals surface area contributed by atoms with Crippen molar-refractivity contribution >= 4 is 17.5 Å². The van der Waals surface area contributed by atoms with Crippen LogP contribution in [0.3, 0.4) is 0 Å². The summed E-state index contributed by atoms with van der Waals surface area (Å²) in [4.78, 5) is 42.8. The van der Waals surface area contributed by atoms with Crippen molar-refractivity contribution in [2.75, 3.05) is 19.6 Å². The number of imidazole rings is 1. The summed E-state index contributed by atoms with van der Waals surface area (Å²) in [6.07, 6.45) is 4.72. The molecule has 5 rings (SSSR count). The van der Waals surface area contributed by atoms with Gasteiger partial charge in [0.15, 0.2) is 5.65 Å². The minimum atomic E-state index is -0.636. The van der Waals surface area contributed by atoms with Crippen molar-refractivity contribution < 1.29 is 14.0 Å². The van der Waals surface area contributed by atoms with E-state index in [1.807, 2.05) is 19.9 Å². The molecule has 0 aliphatic carbocycles. The first kappa shape index (κ1) is 24.5. The van der Waals surface area contributed by atoms with Gasteiger partial charge in [-0.25, -0.2) is 23.9 Å².